The average molecular weight is 304 g/mol. The Morgan fingerprint density at radius 2 is 1.73 bits per heavy atom. The molecule has 0 spiro atoms. The van der Waals surface area contributed by atoms with Crippen molar-refractivity contribution in [2.24, 2.45) is 5.92 Å². The molecule has 22 heavy (non-hydrogen) atoms. The normalized spacial score (nSPS) is 33.2. The monoisotopic (exact) mass is 304 g/mol. The number of hydrogen-bond donors (Lipinski definition) is 2. The van der Waals surface area contributed by atoms with Gasteiger partial charge in [0.1, 0.15) is 0 Å². The van der Waals surface area contributed by atoms with Crippen LogP contribution in [-0.4, -0.2) is 22.4 Å². The van der Waals surface area contributed by atoms with E-state index in [1.54, 1.807) is 0 Å². The van der Waals surface area contributed by atoms with Crippen LogP contribution in [0.3, 0.4) is 0 Å². The molecule has 0 aromatic rings. The van der Waals surface area contributed by atoms with Crippen molar-refractivity contribution in [1.29, 1.82) is 0 Å². The summed E-state index contributed by atoms with van der Waals surface area (Å²) in [6, 6.07) is 0. The minimum atomic E-state index is -0.564. The Balaban J connectivity index is 3.02. The quantitative estimate of drug-likeness (QED) is 0.689. The Labute approximate surface area is 135 Å². The van der Waals surface area contributed by atoms with Crippen LogP contribution >= 0.6 is 0 Å². The fourth-order valence-corrected chi connectivity index (χ4v) is 2.73. The first-order valence-electron chi connectivity index (χ1n) is 8.38. The molecule has 2 heteroatoms. The topological polar surface area (TPSA) is 40.5 Å². The molecule has 0 saturated heterocycles. The zero-order valence-corrected chi connectivity index (χ0v) is 14.6. The molecule has 0 amide bonds. The van der Waals surface area contributed by atoms with Crippen LogP contribution in [-0.2, 0) is 0 Å². The largest absolute Gasteiger partial charge is 0.389 e. The van der Waals surface area contributed by atoms with Gasteiger partial charge in [0.25, 0.3) is 0 Å². The van der Waals surface area contributed by atoms with Crippen LogP contribution in [0.15, 0.2) is 47.1 Å². The molecule has 124 valence electrons. The number of allylic oxidation sites excluding steroid dienone is 5. The van der Waals surface area contributed by atoms with Gasteiger partial charge in [0.2, 0.25) is 0 Å². The van der Waals surface area contributed by atoms with Gasteiger partial charge in [0.15, 0.2) is 0 Å². The molecule has 0 saturated carbocycles. The number of aliphatic hydroxyl groups excluding tert-OH is 2. The van der Waals surface area contributed by atoms with E-state index in [0.29, 0.717) is 12.8 Å². The zero-order valence-electron chi connectivity index (χ0n) is 14.6. The molecule has 1 aliphatic carbocycles. The molecule has 2 atom stereocenters. The average Bonchev–Trinajstić information content (AvgIpc) is 2.43. The predicted molar refractivity (Wildman–Crippen MR) is 94.7 cm³/mol. The third kappa shape index (κ3) is 6.33. The number of rotatable bonds is 1. The Morgan fingerprint density at radius 3 is 2.36 bits per heavy atom. The highest BCUT2D eigenvalue weighted by Crippen LogP contribution is 2.24. The minimum Gasteiger partial charge on any atom is -0.389 e. The van der Waals surface area contributed by atoms with Crippen molar-refractivity contribution in [3.05, 3.63) is 47.1 Å². The van der Waals surface area contributed by atoms with Gasteiger partial charge < -0.3 is 10.2 Å². The zero-order chi connectivity index (χ0) is 16.7. The second-order valence-electron chi connectivity index (χ2n) is 6.86. The second kappa shape index (κ2) is 9.12. The van der Waals surface area contributed by atoms with Crippen molar-refractivity contribution < 1.29 is 10.2 Å². The summed E-state index contributed by atoms with van der Waals surface area (Å²) in [5, 5.41) is 20.7. The molecular weight excluding hydrogens is 272 g/mol. The lowest BCUT2D eigenvalue weighted by molar-refractivity contribution is 0.163. The second-order valence-corrected chi connectivity index (χ2v) is 6.86. The standard InChI is InChI=1S/C20H32O2/c1-14(2)18-11-9-15(3)7-6-8-16(4)10-12-19(21)17(5)13-20(18)22/h8-9,11,14,19-22H,5-7,10,12-13H2,1-4H3/b15-9-,16-8-,18-11-. The summed E-state index contributed by atoms with van der Waals surface area (Å²) in [7, 11) is 0. The fraction of sp³-hybridized carbons (Fsp3) is 0.600. The molecule has 2 nitrogen and oxygen atoms in total. The van der Waals surface area contributed by atoms with Crippen molar-refractivity contribution in [1.82, 2.24) is 0 Å². The van der Waals surface area contributed by atoms with E-state index < -0.39 is 12.2 Å². The molecule has 1 aliphatic rings. The lowest BCUT2D eigenvalue weighted by Crippen LogP contribution is -2.20. The van der Waals surface area contributed by atoms with Crippen LogP contribution in [0.5, 0.6) is 0 Å². The Hall–Kier alpha value is -1.12. The van der Waals surface area contributed by atoms with Gasteiger partial charge in [0.05, 0.1) is 12.2 Å². The van der Waals surface area contributed by atoms with Gasteiger partial charge in [-0.3, -0.25) is 0 Å². The molecular formula is C20H32O2. The fourth-order valence-electron chi connectivity index (χ4n) is 2.73. The maximum absolute atomic E-state index is 10.5. The summed E-state index contributed by atoms with van der Waals surface area (Å²) in [5.41, 5.74) is 4.38. The van der Waals surface area contributed by atoms with Crippen molar-refractivity contribution in [3.8, 4) is 0 Å². The lowest BCUT2D eigenvalue weighted by Gasteiger charge is -2.22. The molecule has 0 bridgehead atoms. The van der Waals surface area contributed by atoms with Crippen molar-refractivity contribution in [2.75, 3.05) is 0 Å². The smallest absolute Gasteiger partial charge is 0.0793 e. The third-order valence-electron chi connectivity index (χ3n) is 4.38. The van der Waals surface area contributed by atoms with Gasteiger partial charge in [-0.15, -0.1) is 0 Å². The van der Waals surface area contributed by atoms with Crippen molar-refractivity contribution in [2.45, 2.75) is 72.0 Å². The highest BCUT2D eigenvalue weighted by molar-refractivity contribution is 5.23. The van der Waals surface area contributed by atoms with Crippen LogP contribution < -0.4 is 0 Å². The van der Waals surface area contributed by atoms with Gasteiger partial charge >= 0.3 is 0 Å². The first-order valence-corrected chi connectivity index (χ1v) is 8.38. The number of hydrogen-bond acceptors (Lipinski definition) is 2. The molecule has 1 rings (SSSR count). The first-order chi connectivity index (χ1) is 10.3. The van der Waals surface area contributed by atoms with Gasteiger partial charge in [-0.05, 0) is 56.6 Å². The van der Waals surface area contributed by atoms with Crippen LogP contribution in [0.1, 0.15) is 59.8 Å². The molecule has 2 N–H and O–H groups in total. The summed E-state index contributed by atoms with van der Waals surface area (Å²) in [4.78, 5) is 0. The maximum atomic E-state index is 10.5. The molecule has 0 radical (unpaired) electrons. The van der Waals surface area contributed by atoms with Crippen LogP contribution in [0.25, 0.3) is 0 Å². The van der Waals surface area contributed by atoms with E-state index in [1.165, 1.54) is 11.1 Å². The summed E-state index contributed by atoms with van der Waals surface area (Å²) in [5.74, 6) is 0.277. The third-order valence-corrected chi connectivity index (χ3v) is 4.38. The molecule has 0 fully saturated rings. The van der Waals surface area contributed by atoms with Crippen LogP contribution in [0.4, 0.5) is 0 Å². The predicted octanol–water partition coefficient (Wildman–Crippen LogP) is 4.70. The first kappa shape index (κ1) is 18.9. The van der Waals surface area contributed by atoms with Gasteiger partial charge in [-0.2, -0.15) is 0 Å². The summed E-state index contributed by atoms with van der Waals surface area (Å²) < 4.78 is 0. The molecule has 0 heterocycles. The highest BCUT2D eigenvalue weighted by atomic mass is 16.3. The molecule has 0 aromatic carbocycles. The molecule has 0 aromatic heterocycles. The van der Waals surface area contributed by atoms with E-state index in [4.69, 9.17) is 0 Å². The van der Waals surface area contributed by atoms with E-state index in [2.05, 4.69) is 46.4 Å². The summed E-state index contributed by atoms with van der Waals surface area (Å²) >= 11 is 0. The van der Waals surface area contributed by atoms with E-state index in [1.807, 2.05) is 6.08 Å². The van der Waals surface area contributed by atoms with Crippen LogP contribution in [0.2, 0.25) is 0 Å². The maximum Gasteiger partial charge on any atom is 0.0793 e. The lowest BCUT2D eigenvalue weighted by atomic mass is 9.90. The van der Waals surface area contributed by atoms with E-state index in [0.717, 1.165) is 30.4 Å². The Bertz CT molecular complexity index is 466. The van der Waals surface area contributed by atoms with E-state index in [9.17, 15) is 10.2 Å². The molecule has 0 aliphatic heterocycles. The highest BCUT2D eigenvalue weighted by Gasteiger charge is 2.18. The van der Waals surface area contributed by atoms with Crippen LogP contribution in [0, 0.1) is 5.92 Å². The minimum absolute atomic E-state index is 0.277. The van der Waals surface area contributed by atoms with E-state index in [-0.39, 0.29) is 5.92 Å². The summed E-state index contributed by atoms with van der Waals surface area (Å²) in [6.45, 7) is 12.4. The van der Waals surface area contributed by atoms with E-state index >= 15 is 0 Å². The van der Waals surface area contributed by atoms with Crippen molar-refractivity contribution in [3.63, 3.8) is 0 Å². The Kier molecular flexibility index (Phi) is 7.84. The SMILES string of the molecule is C=C1CC(O)/C(C(C)C)=C\C=C(\C)CC/C=C(/C)CCC1O. The Morgan fingerprint density at radius 1 is 1.05 bits per heavy atom. The molecule has 2 unspecified atom stereocenters. The number of aliphatic hydroxyl groups is 2. The van der Waals surface area contributed by atoms with Gasteiger partial charge in [0, 0.05) is 6.42 Å². The van der Waals surface area contributed by atoms with Gasteiger partial charge in [-0.1, -0.05) is 49.8 Å². The van der Waals surface area contributed by atoms with Gasteiger partial charge in [-0.25, -0.2) is 0 Å². The summed E-state index contributed by atoms with van der Waals surface area (Å²) in [6.07, 6.45) is 9.39. The van der Waals surface area contributed by atoms with Crippen molar-refractivity contribution >= 4 is 0 Å².